The molecule has 0 bridgehead atoms. The number of aliphatic hydroxyl groups excluding tert-OH is 1. The van der Waals surface area contributed by atoms with Crippen molar-refractivity contribution >= 4 is 17.9 Å². The first-order valence-corrected chi connectivity index (χ1v) is 9.97. The topological polar surface area (TPSA) is 112 Å². The number of fused-ring (bicyclic) bond motifs is 2. The number of carbonyl (C=O) groups is 3. The maximum atomic E-state index is 12.5. The number of rotatable bonds is 4. The lowest BCUT2D eigenvalue weighted by Gasteiger charge is -2.29. The Hall–Kier alpha value is -2.45. The van der Waals surface area contributed by atoms with Crippen LogP contribution < -0.4 is 0 Å². The fourth-order valence-electron chi connectivity index (χ4n) is 4.13. The van der Waals surface area contributed by atoms with Crippen LogP contribution in [0.2, 0.25) is 0 Å². The highest BCUT2D eigenvalue weighted by Crippen LogP contribution is 2.48. The van der Waals surface area contributed by atoms with Gasteiger partial charge in [-0.2, -0.15) is 0 Å². The molecule has 8 nitrogen and oxygen atoms in total. The Morgan fingerprint density at radius 3 is 2.70 bits per heavy atom. The van der Waals surface area contributed by atoms with Crippen LogP contribution in [-0.2, 0) is 33.3 Å². The molecule has 0 saturated carbocycles. The smallest absolute Gasteiger partial charge is 0.334 e. The number of hydrogen-bond donors (Lipinski definition) is 1. The van der Waals surface area contributed by atoms with E-state index in [2.05, 4.69) is 6.58 Å². The van der Waals surface area contributed by atoms with Gasteiger partial charge < -0.3 is 24.1 Å². The van der Waals surface area contributed by atoms with E-state index in [9.17, 15) is 14.4 Å². The normalized spacial score (nSPS) is 36.1. The van der Waals surface area contributed by atoms with E-state index in [0.717, 1.165) is 5.57 Å². The van der Waals surface area contributed by atoms with Gasteiger partial charge in [0.25, 0.3) is 0 Å². The zero-order chi connectivity index (χ0) is 22.2. The van der Waals surface area contributed by atoms with Crippen LogP contribution in [0.15, 0.2) is 35.5 Å². The first kappa shape index (κ1) is 22.2. The fourth-order valence-corrected chi connectivity index (χ4v) is 4.13. The Kier molecular flexibility index (Phi) is 6.19. The fraction of sp³-hybridized carbons (Fsp3) is 0.591. The van der Waals surface area contributed by atoms with E-state index >= 15 is 0 Å². The molecular formula is C22H28O8. The van der Waals surface area contributed by atoms with Crippen molar-refractivity contribution < 1.29 is 38.4 Å². The number of ether oxygens (including phenoxy) is 4. The van der Waals surface area contributed by atoms with Crippen LogP contribution in [0.4, 0.5) is 0 Å². The van der Waals surface area contributed by atoms with E-state index in [1.807, 2.05) is 6.92 Å². The second-order valence-corrected chi connectivity index (χ2v) is 8.30. The van der Waals surface area contributed by atoms with Crippen molar-refractivity contribution in [2.75, 3.05) is 6.61 Å². The quantitative estimate of drug-likeness (QED) is 0.241. The first-order valence-electron chi connectivity index (χ1n) is 9.97. The zero-order valence-corrected chi connectivity index (χ0v) is 17.7. The SMILES string of the molecule is C=C1C(=O)OC2C=C(C)C(OC(C)=O)CC3OC3(C)CC(OC(=O)C(C)=CCO)C12. The molecule has 2 fully saturated rings. The largest absolute Gasteiger partial charge is 0.458 e. The highest BCUT2D eigenvalue weighted by Gasteiger charge is 2.58. The second kappa shape index (κ2) is 8.35. The van der Waals surface area contributed by atoms with Crippen LogP contribution in [-0.4, -0.2) is 59.6 Å². The van der Waals surface area contributed by atoms with Gasteiger partial charge in [0.2, 0.25) is 0 Å². The number of aliphatic hydroxyl groups is 1. The lowest BCUT2D eigenvalue weighted by molar-refractivity contribution is -0.149. The maximum Gasteiger partial charge on any atom is 0.334 e. The third-order valence-corrected chi connectivity index (χ3v) is 5.95. The second-order valence-electron chi connectivity index (χ2n) is 8.30. The van der Waals surface area contributed by atoms with E-state index in [1.54, 1.807) is 19.9 Å². The predicted molar refractivity (Wildman–Crippen MR) is 105 cm³/mol. The minimum Gasteiger partial charge on any atom is -0.458 e. The molecule has 0 radical (unpaired) electrons. The third kappa shape index (κ3) is 4.49. The molecule has 6 atom stereocenters. The van der Waals surface area contributed by atoms with Crippen LogP contribution >= 0.6 is 0 Å². The van der Waals surface area contributed by atoms with E-state index in [1.165, 1.54) is 13.0 Å². The predicted octanol–water partition coefficient (Wildman–Crippen LogP) is 1.76. The Morgan fingerprint density at radius 2 is 2.07 bits per heavy atom. The van der Waals surface area contributed by atoms with Crippen LogP contribution in [0.5, 0.6) is 0 Å². The lowest BCUT2D eigenvalue weighted by Crippen LogP contribution is -2.38. The van der Waals surface area contributed by atoms with Gasteiger partial charge in [-0.05, 0) is 38.5 Å². The Labute approximate surface area is 175 Å². The van der Waals surface area contributed by atoms with E-state index in [-0.39, 0.29) is 23.9 Å². The van der Waals surface area contributed by atoms with Crippen LogP contribution in [0.25, 0.3) is 0 Å². The average molecular weight is 420 g/mol. The Bertz CT molecular complexity index is 825. The molecule has 2 heterocycles. The summed E-state index contributed by atoms with van der Waals surface area (Å²) in [5.41, 5.74) is 0.605. The van der Waals surface area contributed by atoms with Gasteiger partial charge in [0.1, 0.15) is 18.3 Å². The van der Waals surface area contributed by atoms with Crippen molar-refractivity contribution in [3.8, 4) is 0 Å². The molecule has 6 unspecified atom stereocenters. The van der Waals surface area contributed by atoms with Crippen LogP contribution in [0, 0.1) is 5.92 Å². The summed E-state index contributed by atoms with van der Waals surface area (Å²) in [4.78, 5) is 36.4. The average Bonchev–Trinajstić information content (AvgIpc) is 3.18. The molecule has 3 rings (SSSR count). The molecular weight excluding hydrogens is 392 g/mol. The first-order chi connectivity index (χ1) is 14.1. The molecule has 0 amide bonds. The summed E-state index contributed by atoms with van der Waals surface area (Å²) in [6.07, 6.45) is 1.75. The lowest BCUT2D eigenvalue weighted by atomic mass is 9.82. The molecule has 1 aliphatic carbocycles. The summed E-state index contributed by atoms with van der Waals surface area (Å²) in [6.45, 7) is 10.2. The summed E-state index contributed by atoms with van der Waals surface area (Å²) >= 11 is 0. The molecule has 2 saturated heterocycles. The highest BCUT2D eigenvalue weighted by molar-refractivity contribution is 5.92. The molecule has 1 N–H and O–H groups in total. The monoisotopic (exact) mass is 420 g/mol. The number of epoxide rings is 1. The van der Waals surface area contributed by atoms with Gasteiger partial charge >= 0.3 is 17.9 Å². The molecule has 0 spiro atoms. The Balaban J connectivity index is 1.97. The van der Waals surface area contributed by atoms with Crippen molar-refractivity contribution in [1.82, 2.24) is 0 Å². The van der Waals surface area contributed by atoms with Gasteiger partial charge in [0.15, 0.2) is 0 Å². The summed E-state index contributed by atoms with van der Waals surface area (Å²) in [5, 5.41) is 9.05. The third-order valence-electron chi connectivity index (χ3n) is 5.95. The van der Waals surface area contributed by atoms with Crippen molar-refractivity contribution in [2.45, 2.75) is 70.6 Å². The number of hydrogen-bond acceptors (Lipinski definition) is 8. The molecule has 0 aromatic rings. The molecule has 0 aromatic carbocycles. The minimum absolute atomic E-state index is 0.191. The van der Waals surface area contributed by atoms with Gasteiger partial charge in [-0.1, -0.05) is 6.58 Å². The number of esters is 3. The van der Waals surface area contributed by atoms with Crippen molar-refractivity contribution in [2.24, 2.45) is 5.92 Å². The maximum absolute atomic E-state index is 12.5. The Morgan fingerprint density at radius 1 is 1.37 bits per heavy atom. The van der Waals surface area contributed by atoms with E-state index in [0.29, 0.717) is 12.8 Å². The van der Waals surface area contributed by atoms with Gasteiger partial charge in [0, 0.05) is 30.9 Å². The highest BCUT2D eigenvalue weighted by atomic mass is 16.6. The standard InChI is InChI=1S/C22H28O8/c1-11(6-7-23)20(25)29-17-10-22(5)18(30-22)9-15(27-14(4)24)12(2)8-16-19(17)13(3)21(26)28-16/h6,8,15-19,23H,3,7,9-10H2,1-2,4-5H3. The van der Waals surface area contributed by atoms with Gasteiger partial charge in [-0.15, -0.1) is 0 Å². The van der Waals surface area contributed by atoms with E-state index in [4.69, 9.17) is 24.1 Å². The van der Waals surface area contributed by atoms with Crippen molar-refractivity contribution in [3.63, 3.8) is 0 Å². The molecule has 2 aliphatic heterocycles. The summed E-state index contributed by atoms with van der Waals surface area (Å²) in [5.74, 6) is -2.15. The van der Waals surface area contributed by atoms with Crippen molar-refractivity contribution in [3.05, 3.63) is 35.5 Å². The summed E-state index contributed by atoms with van der Waals surface area (Å²) < 4.78 is 22.6. The molecule has 164 valence electrons. The van der Waals surface area contributed by atoms with Crippen LogP contribution in [0.3, 0.4) is 0 Å². The van der Waals surface area contributed by atoms with Crippen LogP contribution in [0.1, 0.15) is 40.5 Å². The van der Waals surface area contributed by atoms with Gasteiger partial charge in [-0.25, -0.2) is 9.59 Å². The minimum atomic E-state index is -0.715. The molecule has 3 aliphatic rings. The zero-order valence-electron chi connectivity index (χ0n) is 17.7. The van der Waals surface area contributed by atoms with Gasteiger partial charge in [0.05, 0.1) is 24.2 Å². The molecule has 8 heteroatoms. The molecule has 30 heavy (non-hydrogen) atoms. The summed E-state index contributed by atoms with van der Waals surface area (Å²) in [7, 11) is 0. The molecule has 0 aromatic heterocycles. The van der Waals surface area contributed by atoms with Crippen molar-refractivity contribution in [1.29, 1.82) is 0 Å². The van der Waals surface area contributed by atoms with E-state index < -0.39 is 47.7 Å². The number of carbonyl (C=O) groups excluding carboxylic acids is 3. The van der Waals surface area contributed by atoms with Gasteiger partial charge in [-0.3, -0.25) is 4.79 Å². The summed E-state index contributed by atoms with van der Waals surface area (Å²) in [6, 6.07) is 0.